The van der Waals surface area contributed by atoms with E-state index in [2.05, 4.69) is 22.9 Å². The van der Waals surface area contributed by atoms with Gasteiger partial charge in [0, 0.05) is 17.7 Å². The Morgan fingerprint density at radius 1 is 1.33 bits per heavy atom. The van der Waals surface area contributed by atoms with Crippen molar-refractivity contribution in [1.29, 1.82) is 0 Å². The van der Waals surface area contributed by atoms with Crippen molar-refractivity contribution in [3.63, 3.8) is 0 Å². The number of ether oxygens (including phenoxy) is 3. The molecular formula is C16H22BrFO3. The van der Waals surface area contributed by atoms with Crippen LogP contribution < -0.4 is 0 Å². The zero-order chi connectivity index (χ0) is 14.8. The zero-order valence-electron chi connectivity index (χ0n) is 12.5. The third-order valence-electron chi connectivity index (χ3n) is 6.04. The standard InChI is InChI=1S/C16H22BrFO3/c1-9-3-4-12-10(7-17)13(8-18)19-14-16(12)11(9)5-6-15(2,20-14)21-16/h9,11-12,14H,3-8H2,1-2H3/t9-,11?,12+,14-,15+,16-/m1/s1. The molecule has 0 aromatic rings. The molecule has 1 saturated carbocycles. The van der Waals surface area contributed by atoms with Crippen LogP contribution in [-0.4, -0.2) is 29.7 Å². The molecule has 0 radical (unpaired) electrons. The number of halogens is 2. The molecule has 2 saturated heterocycles. The van der Waals surface area contributed by atoms with Gasteiger partial charge in [0.1, 0.15) is 18.0 Å². The Labute approximate surface area is 133 Å². The van der Waals surface area contributed by atoms with E-state index in [1.807, 2.05) is 6.92 Å². The molecule has 3 heterocycles. The number of allylic oxidation sites excluding steroid dienone is 1. The summed E-state index contributed by atoms with van der Waals surface area (Å²) >= 11 is 3.53. The Morgan fingerprint density at radius 3 is 2.86 bits per heavy atom. The average Bonchev–Trinajstić information content (AvgIpc) is 2.69. The van der Waals surface area contributed by atoms with Gasteiger partial charge in [0.25, 0.3) is 0 Å². The van der Waals surface area contributed by atoms with Gasteiger partial charge < -0.3 is 14.2 Å². The van der Waals surface area contributed by atoms with E-state index in [4.69, 9.17) is 14.2 Å². The van der Waals surface area contributed by atoms with Crippen molar-refractivity contribution in [3.8, 4) is 0 Å². The van der Waals surface area contributed by atoms with Crippen molar-refractivity contribution in [1.82, 2.24) is 0 Å². The molecule has 0 amide bonds. The van der Waals surface area contributed by atoms with Gasteiger partial charge in [0.15, 0.2) is 5.79 Å². The Morgan fingerprint density at radius 2 is 2.14 bits per heavy atom. The Balaban J connectivity index is 1.85. The minimum absolute atomic E-state index is 0.213. The summed E-state index contributed by atoms with van der Waals surface area (Å²) in [6.07, 6.45) is 3.75. The molecule has 2 bridgehead atoms. The third kappa shape index (κ3) is 1.77. The molecule has 3 aliphatic heterocycles. The molecule has 3 fully saturated rings. The Bertz CT molecular complexity index is 496. The van der Waals surface area contributed by atoms with Crippen LogP contribution in [0.2, 0.25) is 0 Å². The summed E-state index contributed by atoms with van der Waals surface area (Å²) in [6, 6.07) is 0. The number of rotatable bonds is 2. The van der Waals surface area contributed by atoms with E-state index in [0.29, 0.717) is 22.9 Å². The van der Waals surface area contributed by atoms with E-state index in [9.17, 15) is 4.39 Å². The predicted octanol–water partition coefficient (Wildman–Crippen LogP) is 3.92. The number of hydrogen-bond acceptors (Lipinski definition) is 3. The molecular weight excluding hydrogens is 339 g/mol. The maximum atomic E-state index is 13.4. The van der Waals surface area contributed by atoms with E-state index in [-0.39, 0.29) is 5.92 Å². The Hall–Kier alpha value is -0.130. The highest BCUT2D eigenvalue weighted by Gasteiger charge is 2.70. The highest BCUT2D eigenvalue weighted by Crippen LogP contribution is 2.63. The van der Waals surface area contributed by atoms with Crippen molar-refractivity contribution in [2.24, 2.45) is 17.8 Å². The van der Waals surface area contributed by atoms with E-state index in [1.54, 1.807) is 0 Å². The van der Waals surface area contributed by atoms with Crippen molar-refractivity contribution < 1.29 is 18.6 Å². The summed E-state index contributed by atoms with van der Waals surface area (Å²) in [6.45, 7) is 3.74. The van der Waals surface area contributed by atoms with Crippen LogP contribution in [0, 0.1) is 17.8 Å². The van der Waals surface area contributed by atoms with Crippen LogP contribution in [0.15, 0.2) is 11.3 Å². The van der Waals surface area contributed by atoms with E-state index in [0.717, 1.165) is 24.8 Å². The summed E-state index contributed by atoms with van der Waals surface area (Å²) in [5.41, 5.74) is 0.632. The zero-order valence-corrected chi connectivity index (χ0v) is 14.1. The first-order valence-electron chi connectivity index (χ1n) is 7.92. The second kappa shape index (κ2) is 4.68. The second-order valence-electron chi connectivity index (χ2n) is 7.13. The third-order valence-corrected chi connectivity index (χ3v) is 6.65. The summed E-state index contributed by atoms with van der Waals surface area (Å²) < 4.78 is 32.0. The summed E-state index contributed by atoms with van der Waals surface area (Å²) in [4.78, 5) is 0. The monoisotopic (exact) mass is 360 g/mol. The molecule has 3 nitrogen and oxygen atoms in total. The first-order chi connectivity index (χ1) is 10.0. The molecule has 1 spiro atoms. The molecule has 1 unspecified atom stereocenters. The lowest BCUT2D eigenvalue weighted by atomic mass is 9.58. The van der Waals surface area contributed by atoms with Crippen molar-refractivity contribution in [3.05, 3.63) is 11.3 Å². The first kappa shape index (κ1) is 14.5. The maximum Gasteiger partial charge on any atom is 0.232 e. The first-order valence-corrected chi connectivity index (χ1v) is 9.04. The Kier molecular flexibility index (Phi) is 3.22. The van der Waals surface area contributed by atoms with Crippen LogP contribution in [0.1, 0.15) is 39.5 Å². The van der Waals surface area contributed by atoms with Gasteiger partial charge in [-0.25, -0.2) is 4.39 Å². The quantitative estimate of drug-likeness (QED) is 0.698. The SMILES string of the molecule is C[C@@H]1CC[C@H]2C(CBr)=C(CF)O[C@@H]3O[C@]4(C)CCC1[C@]32O4. The van der Waals surface area contributed by atoms with Crippen molar-refractivity contribution in [2.45, 2.75) is 57.2 Å². The lowest BCUT2D eigenvalue weighted by molar-refractivity contribution is -0.243. The topological polar surface area (TPSA) is 27.7 Å². The van der Waals surface area contributed by atoms with Gasteiger partial charge in [0.05, 0.1) is 0 Å². The molecule has 4 rings (SSSR count). The predicted molar refractivity (Wildman–Crippen MR) is 79.6 cm³/mol. The van der Waals surface area contributed by atoms with E-state index >= 15 is 0 Å². The van der Waals surface area contributed by atoms with Crippen molar-refractivity contribution >= 4 is 15.9 Å². The number of alkyl halides is 2. The summed E-state index contributed by atoms with van der Waals surface area (Å²) in [7, 11) is 0. The van der Waals surface area contributed by atoms with Crippen molar-refractivity contribution in [2.75, 3.05) is 12.0 Å². The van der Waals surface area contributed by atoms with Crippen LogP contribution in [0.4, 0.5) is 4.39 Å². The highest BCUT2D eigenvalue weighted by atomic mass is 79.9. The van der Waals surface area contributed by atoms with E-state index in [1.165, 1.54) is 6.42 Å². The molecule has 0 aromatic carbocycles. The second-order valence-corrected chi connectivity index (χ2v) is 7.69. The smallest absolute Gasteiger partial charge is 0.232 e. The van der Waals surface area contributed by atoms with Crippen LogP contribution in [0.25, 0.3) is 0 Å². The van der Waals surface area contributed by atoms with Gasteiger partial charge >= 0.3 is 0 Å². The van der Waals surface area contributed by atoms with Gasteiger partial charge in [-0.3, -0.25) is 0 Å². The molecule has 21 heavy (non-hydrogen) atoms. The molecule has 0 N–H and O–H groups in total. The molecule has 0 aromatic heterocycles. The van der Waals surface area contributed by atoms with Gasteiger partial charge in [-0.15, -0.1) is 0 Å². The van der Waals surface area contributed by atoms with Crippen LogP contribution in [0.3, 0.4) is 0 Å². The number of hydrogen-bond donors (Lipinski definition) is 0. The van der Waals surface area contributed by atoms with Crippen LogP contribution >= 0.6 is 15.9 Å². The van der Waals surface area contributed by atoms with Gasteiger partial charge in [-0.2, -0.15) is 0 Å². The fourth-order valence-corrected chi connectivity index (χ4v) is 5.80. The van der Waals surface area contributed by atoms with E-state index < -0.39 is 24.4 Å². The maximum absolute atomic E-state index is 13.4. The molecule has 6 atom stereocenters. The largest absolute Gasteiger partial charge is 0.463 e. The van der Waals surface area contributed by atoms with Crippen LogP contribution in [0.5, 0.6) is 0 Å². The van der Waals surface area contributed by atoms with Gasteiger partial charge in [0.2, 0.25) is 6.29 Å². The van der Waals surface area contributed by atoms with Crippen LogP contribution in [-0.2, 0) is 14.2 Å². The van der Waals surface area contributed by atoms with Gasteiger partial charge in [-0.1, -0.05) is 22.9 Å². The minimum Gasteiger partial charge on any atom is -0.463 e. The average molecular weight is 361 g/mol. The molecule has 4 aliphatic rings. The molecule has 1 aliphatic carbocycles. The lowest BCUT2D eigenvalue weighted by Gasteiger charge is -2.55. The molecule has 118 valence electrons. The minimum atomic E-state index is -0.570. The molecule has 5 heteroatoms. The fraction of sp³-hybridized carbons (Fsp3) is 0.875. The highest BCUT2D eigenvalue weighted by molar-refractivity contribution is 9.09. The lowest BCUT2D eigenvalue weighted by Crippen LogP contribution is -2.62. The number of fused-ring (bicyclic) bond motifs is 1. The van der Waals surface area contributed by atoms with Gasteiger partial charge in [-0.05, 0) is 43.6 Å². The summed E-state index contributed by atoms with van der Waals surface area (Å²) in [5, 5.41) is 0.645. The summed E-state index contributed by atoms with van der Waals surface area (Å²) in [5.74, 6) is 1.14. The fourth-order valence-electron chi connectivity index (χ4n) is 5.09. The normalized spacial score (nSPS) is 51.6.